The average molecular weight is 410 g/mol. The van der Waals surface area contributed by atoms with Gasteiger partial charge in [-0.25, -0.2) is 4.39 Å². The van der Waals surface area contributed by atoms with Crippen molar-refractivity contribution in [2.75, 3.05) is 13.2 Å². The second kappa shape index (κ2) is 10.5. The molecule has 1 N–H and O–H groups in total. The fraction of sp³-hybridized carbons (Fsp3) is 0.400. The molecule has 25 heavy (non-hydrogen) atoms. The van der Waals surface area contributed by atoms with Gasteiger partial charge in [-0.1, -0.05) is 28.1 Å². The minimum absolute atomic E-state index is 0.237. The number of halogens is 2. The zero-order valence-electron chi connectivity index (χ0n) is 14.7. The molecule has 0 saturated heterocycles. The molecule has 0 radical (unpaired) electrons. The zero-order chi connectivity index (χ0) is 18.1. The third-order valence-electron chi connectivity index (χ3n) is 3.59. The number of benzene rings is 2. The first-order valence-electron chi connectivity index (χ1n) is 8.52. The smallest absolute Gasteiger partial charge is 0.124 e. The van der Waals surface area contributed by atoms with Crippen LogP contribution < -0.4 is 10.1 Å². The molecule has 0 atom stereocenters. The molecule has 0 unspecified atom stereocenters. The molecule has 2 aromatic rings. The van der Waals surface area contributed by atoms with Crippen molar-refractivity contribution < 1.29 is 13.9 Å². The standard InChI is InChI=1S/C20H25BrFNO2/c1-15(2)24-11-3-10-23-13-17-12-18(21)6-9-20(17)25-14-16-4-7-19(22)8-5-16/h4-9,12,15,23H,3,10-11,13-14H2,1-2H3. The molecule has 0 aromatic heterocycles. The Labute approximate surface area is 157 Å². The van der Waals surface area contributed by atoms with E-state index in [1.54, 1.807) is 12.1 Å². The highest BCUT2D eigenvalue weighted by Gasteiger charge is 2.06. The number of ether oxygens (including phenoxy) is 2. The Kier molecular flexibility index (Phi) is 8.38. The molecule has 0 amide bonds. The Morgan fingerprint density at radius 2 is 1.88 bits per heavy atom. The summed E-state index contributed by atoms with van der Waals surface area (Å²) in [4.78, 5) is 0. The summed E-state index contributed by atoms with van der Waals surface area (Å²) in [5.74, 6) is 0.595. The van der Waals surface area contributed by atoms with Crippen LogP contribution >= 0.6 is 15.9 Å². The molecular weight excluding hydrogens is 385 g/mol. The average Bonchev–Trinajstić information content (AvgIpc) is 2.58. The maximum atomic E-state index is 13.0. The third kappa shape index (κ3) is 7.55. The van der Waals surface area contributed by atoms with E-state index in [9.17, 15) is 4.39 Å². The quantitative estimate of drug-likeness (QED) is 0.555. The second-order valence-corrected chi connectivity index (χ2v) is 7.03. The molecule has 0 aliphatic carbocycles. The van der Waals surface area contributed by atoms with Gasteiger partial charge in [-0.05, 0) is 62.7 Å². The van der Waals surface area contributed by atoms with Gasteiger partial charge in [0.15, 0.2) is 0 Å². The summed E-state index contributed by atoms with van der Waals surface area (Å²) in [6, 6.07) is 12.3. The molecule has 0 spiro atoms. The van der Waals surface area contributed by atoms with Gasteiger partial charge < -0.3 is 14.8 Å². The van der Waals surface area contributed by atoms with Gasteiger partial charge in [-0.15, -0.1) is 0 Å². The molecule has 0 saturated carbocycles. The summed E-state index contributed by atoms with van der Waals surface area (Å²) in [6.45, 7) is 6.87. The third-order valence-corrected chi connectivity index (χ3v) is 4.09. The first-order chi connectivity index (χ1) is 12.0. The van der Waals surface area contributed by atoms with Crippen molar-refractivity contribution in [3.8, 4) is 5.75 Å². The Morgan fingerprint density at radius 1 is 1.12 bits per heavy atom. The van der Waals surface area contributed by atoms with E-state index < -0.39 is 0 Å². The van der Waals surface area contributed by atoms with Gasteiger partial charge in [0.05, 0.1) is 6.10 Å². The van der Waals surface area contributed by atoms with Crippen LogP contribution in [0.25, 0.3) is 0 Å². The molecule has 5 heteroatoms. The molecule has 3 nitrogen and oxygen atoms in total. The summed E-state index contributed by atoms with van der Waals surface area (Å²) < 4.78 is 25.4. The first-order valence-corrected chi connectivity index (χ1v) is 9.32. The fourth-order valence-electron chi connectivity index (χ4n) is 2.31. The molecule has 0 fully saturated rings. The topological polar surface area (TPSA) is 30.5 Å². The Bertz CT molecular complexity index is 647. The van der Waals surface area contributed by atoms with Crippen LogP contribution in [0, 0.1) is 5.82 Å². The molecule has 0 heterocycles. The van der Waals surface area contributed by atoms with Crippen molar-refractivity contribution >= 4 is 15.9 Å². The lowest BCUT2D eigenvalue weighted by Gasteiger charge is -2.13. The van der Waals surface area contributed by atoms with Crippen LogP contribution in [0.2, 0.25) is 0 Å². The number of hydrogen-bond acceptors (Lipinski definition) is 3. The Balaban J connectivity index is 1.85. The van der Waals surface area contributed by atoms with Crippen LogP contribution in [0.4, 0.5) is 4.39 Å². The predicted octanol–water partition coefficient (Wildman–Crippen LogP) is 5.07. The molecule has 2 rings (SSSR count). The van der Waals surface area contributed by atoms with E-state index in [1.807, 2.05) is 26.0 Å². The van der Waals surface area contributed by atoms with E-state index in [0.717, 1.165) is 47.5 Å². The summed E-state index contributed by atoms with van der Waals surface area (Å²) in [7, 11) is 0. The van der Waals surface area contributed by atoms with E-state index in [-0.39, 0.29) is 11.9 Å². The summed E-state index contributed by atoms with van der Waals surface area (Å²) >= 11 is 3.51. The van der Waals surface area contributed by atoms with Crippen molar-refractivity contribution in [1.29, 1.82) is 0 Å². The molecule has 0 aliphatic rings. The maximum Gasteiger partial charge on any atom is 0.124 e. The van der Waals surface area contributed by atoms with E-state index in [4.69, 9.17) is 9.47 Å². The van der Waals surface area contributed by atoms with E-state index in [0.29, 0.717) is 6.61 Å². The first kappa shape index (κ1) is 19.9. The fourth-order valence-corrected chi connectivity index (χ4v) is 2.72. The van der Waals surface area contributed by atoms with Crippen LogP contribution in [-0.4, -0.2) is 19.3 Å². The second-order valence-electron chi connectivity index (χ2n) is 6.12. The SMILES string of the molecule is CC(C)OCCCNCc1cc(Br)ccc1OCc1ccc(F)cc1. The van der Waals surface area contributed by atoms with E-state index in [1.165, 1.54) is 12.1 Å². The normalized spacial score (nSPS) is 11.1. The Hall–Kier alpha value is -1.43. The predicted molar refractivity (Wildman–Crippen MR) is 102 cm³/mol. The van der Waals surface area contributed by atoms with E-state index >= 15 is 0 Å². The van der Waals surface area contributed by atoms with Gasteiger partial charge in [0, 0.05) is 23.2 Å². The Morgan fingerprint density at radius 3 is 2.60 bits per heavy atom. The molecular formula is C20H25BrFNO2. The van der Waals surface area contributed by atoms with Crippen LogP contribution in [0.3, 0.4) is 0 Å². The lowest BCUT2D eigenvalue weighted by molar-refractivity contribution is 0.0770. The van der Waals surface area contributed by atoms with Crippen molar-refractivity contribution in [3.05, 3.63) is 63.9 Å². The van der Waals surface area contributed by atoms with Crippen molar-refractivity contribution in [2.24, 2.45) is 0 Å². The van der Waals surface area contributed by atoms with Gasteiger partial charge in [0.1, 0.15) is 18.2 Å². The number of rotatable bonds is 10. The highest BCUT2D eigenvalue weighted by atomic mass is 79.9. The highest BCUT2D eigenvalue weighted by molar-refractivity contribution is 9.10. The van der Waals surface area contributed by atoms with Crippen molar-refractivity contribution in [2.45, 2.75) is 39.5 Å². The summed E-state index contributed by atoms with van der Waals surface area (Å²) in [5, 5.41) is 3.42. The summed E-state index contributed by atoms with van der Waals surface area (Å²) in [6.07, 6.45) is 1.24. The monoisotopic (exact) mass is 409 g/mol. The lowest BCUT2D eigenvalue weighted by atomic mass is 10.2. The van der Waals surface area contributed by atoms with Gasteiger partial charge in [0.2, 0.25) is 0 Å². The molecule has 136 valence electrons. The highest BCUT2D eigenvalue weighted by Crippen LogP contribution is 2.24. The van der Waals surface area contributed by atoms with Crippen LogP contribution in [0.5, 0.6) is 5.75 Å². The number of nitrogens with one attached hydrogen (secondary N) is 1. The number of hydrogen-bond donors (Lipinski definition) is 1. The van der Waals surface area contributed by atoms with Gasteiger partial charge >= 0.3 is 0 Å². The van der Waals surface area contributed by atoms with Crippen molar-refractivity contribution in [1.82, 2.24) is 5.32 Å². The minimum Gasteiger partial charge on any atom is -0.489 e. The van der Waals surface area contributed by atoms with Gasteiger partial charge in [-0.2, -0.15) is 0 Å². The largest absolute Gasteiger partial charge is 0.489 e. The van der Waals surface area contributed by atoms with Gasteiger partial charge in [0.25, 0.3) is 0 Å². The summed E-state index contributed by atoms with van der Waals surface area (Å²) in [5.41, 5.74) is 2.02. The maximum absolute atomic E-state index is 13.0. The lowest BCUT2D eigenvalue weighted by Crippen LogP contribution is -2.18. The van der Waals surface area contributed by atoms with Crippen LogP contribution in [0.1, 0.15) is 31.4 Å². The zero-order valence-corrected chi connectivity index (χ0v) is 16.3. The van der Waals surface area contributed by atoms with Crippen LogP contribution in [0.15, 0.2) is 46.9 Å². The molecule has 0 aliphatic heterocycles. The minimum atomic E-state index is -0.237. The molecule has 0 bridgehead atoms. The van der Waals surface area contributed by atoms with E-state index in [2.05, 4.69) is 27.3 Å². The molecule has 2 aromatic carbocycles. The van der Waals surface area contributed by atoms with Crippen LogP contribution in [-0.2, 0) is 17.9 Å². The van der Waals surface area contributed by atoms with Gasteiger partial charge in [-0.3, -0.25) is 0 Å². The van der Waals surface area contributed by atoms with Crippen molar-refractivity contribution in [3.63, 3.8) is 0 Å².